The molecule has 0 bridgehead atoms. The zero-order valence-electron chi connectivity index (χ0n) is 14.3. The molecule has 23 heavy (non-hydrogen) atoms. The molecule has 0 radical (unpaired) electrons. The van der Waals surface area contributed by atoms with Crippen molar-refractivity contribution in [1.82, 2.24) is 5.32 Å². The number of hydrogen-bond acceptors (Lipinski definition) is 4. The van der Waals surface area contributed by atoms with Crippen LogP contribution in [0.25, 0.3) is 0 Å². The summed E-state index contributed by atoms with van der Waals surface area (Å²) in [4.78, 5) is 10.8. The smallest absolute Gasteiger partial charge is 0.255 e. The normalized spacial score (nSPS) is 12.3. The molecule has 1 rings (SSSR count). The average Bonchev–Trinajstić information content (AvgIpc) is 2.48. The molecule has 0 saturated carbocycles. The van der Waals surface area contributed by atoms with Crippen molar-refractivity contribution >= 4 is 17.5 Å². The number of rotatable bonds is 10. The Labute approximate surface area is 143 Å². The van der Waals surface area contributed by atoms with Gasteiger partial charge in [-0.2, -0.15) is 0 Å². The van der Waals surface area contributed by atoms with Gasteiger partial charge in [0.25, 0.3) is 5.91 Å². The van der Waals surface area contributed by atoms with E-state index in [-0.39, 0.29) is 6.61 Å². The molecule has 3 N–H and O–H groups in total. The van der Waals surface area contributed by atoms with Crippen LogP contribution in [0, 0.1) is 5.92 Å². The Morgan fingerprint density at radius 1 is 1.30 bits per heavy atom. The highest BCUT2D eigenvalue weighted by Crippen LogP contribution is 2.36. The molecule has 0 spiro atoms. The van der Waals surface area contributed by atoms with Crippen LogP contribution in [0.4, 0.5) is 0 Å². The van der Waals surface area contributed by atoms with Crippen LogP contribution in [0.5, 0.6) is 11.5 Å². The van der Waals surface area contributed by atoms with Gasteiger partial charge in [0.2, 0.25) is 0 Å². The SMILES string of the molecule is COc1cc(CNC(C)CCC(C)C)cc(Cl)c1OCC(N)=O. The molecule has 130 valence electrons. The monoisotopic (exact) mass is 342 g/mol. The van der Waals surface area contributed by atoms with Crippen molar-refractivity contribution in [2.45, 2.75) is 46.2 Å². The Kier molecular flexibility index (Phi) is 8.20. The van der Waals surface area contributed by atoms with Crippen molar-refractivity contribution < 1.29 is 14.3 Å². The summed E-state index contributed by atoms with van der Waals surface area (Å²) in [6.07, 6.45) is 2.32. The molecule has 0 fully saturated rings. The number of nitrogens with two attached hydrogens (primary N) is 1. The minimum Gasteiger partial charge on any atom is -0.493 e. The van der Waals surface area contributed by atoms with Gasteiger partial charge < -0.3 is 20.5 Å². The zero-order chi connectivity index (χ0) is 17.4. The molecule has 1 unspecified atom stereocenters. The van der Waals surface area contributed by atoms with Crippen molar-refractivity contribution in [3.63, 3.8) is 0 Å². The minimum atomic E-state index is -0.562. The number of nitrogens with one attached hydrogen (secondary N) is 1. The molecule has 0 heterocycles. The summed E-state index contributed by atoms with van der Waals surface area (Å²) in [5.41, 5.74) is 6.08. The molecular formula is C17H27ClN2O3. The van der Waals surface area contributed by atoms with Crippen LogP contribution in [0.1, 0.15) is 39.2 Å². The first-order valence-electron chi connectivity index (χ1n) is 7.84. The largest absolute Gasteiger partial charge is 0.493 e. The number of methoxy groups -OCH3 is 1. The van der Waals surface area contributed by atoms with Crippen LogP contribution >= 0.6 is 11.6 Å². The molecule has 1 amide bonds. The lowest BCUT2D eigenvalue weighted by Gasteiger charge is -2.17. The van der Waals surface area contributed by atoms with Gasteiger partial charge in [-0.1, -0.05) is 25.4 Å². The fourth-order valence-electron chi connectivity index (χ4n) is 2.14. The number of ether oxygens (including phenoxy) is 2. The molecule has 0 aliphatic rings. The molecule has 1 aromatic rings. The second-order valence-corrected chi connectivity index (χ2v) is 6.52. The van der Waals surface area contributed by atoms with E-state index in [4.69, 9.17) is 26.8 Å². The lowest BCUT2D eigenvalue weighted by Crippen LogP contribution is -2.25. The second-order valence-electron chi connectivity index (χ2n) is 6.12. The highest BCUT2D eigenvalue weighted by Gasteiger charge is 2.13. The summed E-state index contributed by atoms with van der Waals surface area (Å²) in [6.45, 7) is 7.07. The third-order valence-corrected chi connectivity index (χ3v) is 3.76. The van der Waals surface area contributed by atoms with Gasteiger partial charge in [0.15, 0.2) is 18.1 Å². The number of primary amides is 1. The molecule has 0 aliphatic carbocycles. The van der Waals surface area contributed by atoms with Crippen molar-refractivity contribution in [3.05, 3.63) is 22.7 Å². The molecule has 0 aromatic heterocycles. The van der Waals surface area contributed by atoms with E-state index in [1.54, 1.807) is 0 Å². The number of benzene rings is 1. The molecule has 5 nitrogen and oxygen atoms in total. The van der Waals surface area contributed by atoms with Gasteiger partial charge in [-0.15, -0.1) is 0 Å². The molecule has 0 aliphatic heterocycles. The summed E-state index contributed by atoms with van der Waals surface area (Å²) >= 11 is 6.23. The summed E-state index contributed by atoms with van der Waals surface area (Å²) in [6, 6.07) is 4.08. The van der Waals surface area contributed by atoms with E-state index in [1.807, 2.05) is 12.1 Å². The molecule has 6 heteroatoms. The Balaban J connectivity index is 2.70. The number of carbonyl (C=O) groups excluding carboxylic acids is 1. The summed E-state index contributed by atoms with van der Waals surface area (Å²) < 4.78 is 10.6. The zero-order valence-corrected chi connectivity index (χ0v) is 15.1. The van der Waals surface area contributed by atoms with E-state index in [2.05, 4.69) is 26.1 Å². The van der Waals surface area contributed by atoms with E-state index < -0.39 is 5.91 Å². The van der Waals surface area contributed by atoms with Crippen molar-refractivity contribution in [2.24, 2.45) is 11.7 Å². The van der Waals surface area contributed by atoms with E-state index in [9.17, 15) is 4.79 Å². The van der Waals surface area contributed by atoms with Gasteiger partial charge in [0, 0.05) is 12.6 Å². The van der Waals surface area contributed by atoms with Gasteiger partial charge in [0.1, 0.15) is 0 Å². The van der Waals surface area contributed by atoms with E-state index in [0.717, 1.165) is 12.0 Å². The quantitative estimate of drug-likeness (QED) is 0.685. The first-order chi connectivity index (χ1) is 10.8. The van der Waals surface area contributed by atoms with Gasteiger partial charge >= 0.3 is 0 Å². The van der Waals surface area contributed by atoms with Crippen LogP contribution in [0.3, 0.4) is 0 Å². The lowest BCUT2D eigenvalue weighted by molar-refractivity contribution is -0.119. The van der Waals surface area contributed by atoms with Gasteiger partial charge in [-0.25, -0.2) is 0 Å². The van der Waals surface area contributed by atoms with Crippen LogP contribution in [0.2, 0.25) is 5.02 Å². The fraction of sp³-hybridized carbons (Fsp3) is 0.588. The first-order valence-corrected chi connectivity index (χ1v) is 8.22. The van der Waals surface area contributed by atoms with Crippen LogP contribution in [-0.2, 0) is 11.3 Å². The standard InChI is InChI=1S/C17H27ClN2O3/c1-11(2)5-6-12(3)20-9-13-7-14(18)17(15(8-13)22-4)23-10-16(19)21/h7-8,11-12,20H,5-6,9-10H2,1-4H3,(H2,19,21). The third-order valence-electron chi connectivity index (χ3n) is 3.48. The van der Waals surface area contributed by atoms with Crippen LogP contribution in [0.15, 0.2) is 12.1 Å². The van der Waals surface area contributed by atoms with Gasteiger partial charge in [0.05, 0.1) is 12.1 Å². The maximum absolute atomic E-state index is 10.8. The molecular weight excluding hydrogens is 316 g/mol. The van der Waals surface area contributed by atoms with Crippen LogP contribution < -0.4 is 20.5 Å². The minimum absolute atomic E-state index is 0.236. The third kappa shape index (κ3) is 7.10. The Bertz CT molecular complexity index is 521. The van der Waals surface area contributed by atoms with Gasteiger partial charge in [-0.3, -0.25) is 4.79 Å². The topological polar surface area (TPSA) is 73.6 Å². The summed E-state index contributed by atoms with van der Waals surface area (Å²) in [5, 5.41) is 3.87. The number of halogens is 1. The maximum atomic E-state index is 10.8. The van der Waals surface area contributed by atoms with E-state index >= 15 is 0 Å². The Hall–Kier alpha value is -1.46. The highest BCUT2D eigenvalue weighted by atomic mass is 35.5. The number of carbonyl (C=O) groups is 1. The number of amides is 1. The van der Waals surface area contributed by atoms with E-state index in [1.165, 1.54) is 13.5 Å². The summed E-state index contributed by atoms with van der Waals surface area (Å²) in [5.74, 6) is 0.971. The molecule has 0 saturated heterocycles. The predicted molar refractivity (Wildman–Crippen MR) is 93.1 cm³/mol. The summed E-state index contributed by atoms with van der Waals surface area (Å²) in [7, 11) is 1.53. The highest BCUT2D eigenvalue weighted by molar-refractivity contribution is 6.32. The fourth-order valence-corrected chi connectivity index (χ4v) is 2.42. The van der Waals surface area contributed by atoms with Crippen molar-refractivity contribution in [3.8, 4) is 11.5 Å². The Morgan fingerprint density at radius 3 is 2.57 bits per heavy atom. The van der Waals surface area contributed by atoms with Gasteiger partial charge in [-0.05, 0) is 43.4 Å². The second kappa shape index (κ2) is 9.63. The lowest BCUT2D eigenvalue weighted by atomic mass is 10.0. The van der Waals surface area contributed by atoms with E-state index in [0.29, 0.717) is 35.0 Å². The predicted octanol–water partition coefficient (Wildman–Crippen LogP) is 3.13. The Morgan fingerprint density at radius 2 is 2.00 bits per heavy atom. The molecule has 1 atom stereocenters. The van der Waals surface area contributed by atoms with Crippen molar-refractivity contribution in [2.75, 3.05) is 13.7 Å². The number of hydrogen-bond donors (Lipinski definition) is 2. The van der Waals surface area contributed by atoms with Crippen molar-refractivity contribution in [1.29, 1.82) is 0 Å². The van der Waals surface area contributed by atoms with Crippen LogP contribution in [-0.4, -0.2) is 25.7 Å². The average molecular weight is 343 g/mol. The first kappa shape index (κ1) is 19.6. The maximum Gasteiger partial charge on any atom is 0.255 e. The molecule has 1 aromatic carbocycles.